The van der Waals surface area contributed by atoms with Gasteiger partial charge >= 0.3 is 0 Å². The number of hydrogen-bond donors (Lipinski definition) is 1. The smallest absolute Gasteiger partial charge is 0.218 e. The molecule has 3 rings (SSSR count). The molecule has 126 valence electrons. The van der Waals surface area contributed by atoms with Crippen molar-refractivity contribution in [2.45, 2.75) is 78.0 Å². The molecule has 0 bridgehead atoms. The quantitative estimate of drug-likeness (QED) is 0.756. The summed E-state index contributed by atoms with van der Waals surface area (Å²) in [5.74, 6) is 1.73. The lowest BCUT2D eigenvalue weighted by Gasteiger charge is -2.41. The lowest BCUT2D eigenvalue weighted by atomic mass is 9.79. The SMILES string of the molecule is CC1=C[C@H]2Oc3cc(C(C)(C)C)cc(C(C)(C)C)c3O[C@@]2(C)N1. The van der Waals surface area contributed by atoms with E-state index >= 15 is 0 Å². The van der Waals surface area contributed by atoms with Crippen molar-refractivity contribution in [2.24, 2.45) is 0 Å². The van der Waals surface area contributed by atoms with Crippen LogP contribution in [0.3, 0.4) is 0 Å². The highest BCUT2D eigenvalue weighted by molar-refractivity contribution is 5.55. The van der Waals surface area contributed by atoms with E-state index in [9.17, 15) is 0 Å². The molecule has 0 unspecified atom stereocenters. The van der Waals surface area contributed by atoms with Crippen LogP contribution in [0.25, 0.3) is 0 Å². The molecule has 3 heteroatoms. The molecule has 2 heterocycles. The second-order valence-electron chi connectivity index (χ2n) is 9.07. The van der Waals surface area contributed by atoms with Gasteiger partial charge < -0.3 is 14.8 Å². The molecule has 0 saturated carbocycles. The van der Waals surface area contributed by atoms with Crippen LogP contribution in [-0.4, -0.2) is 11.8 Å². The topological polar surface area (TPSA) is 30.5 Å². The van der Waals surface area contributed by atoms with E-state index in [0.29, 0.717) is 0 Å². The lowest BCUT2D eigenvalue weighted by Crippen LogP contribution is -2.55. The molecular formula is C20H29NO2. The van der Waals surface area contributed by atoms with Gasteiger partial charge in [-0.15, -0.1) is 0 Å². The first-order valence-corrected chi connectivity index (χ1v) is 8.41. The van der Waals surface area contributed by atoms with Crippen LogP contribution in [0.15, 0.2) is 23.9 Å². The van der Waals surface area contributed by atoms with E-state index in [1.807, 2.05) is 6.92 Å². The summed E-state index contributed by atoms with van der Waals surface area (Å²) in [6.07, 6.45) is 2.00. The molecule has 23 heavy (non-hydrogen) atoms. The zero-order valence-corrected chi connectivity index (χ0v) is 15.6. The summed E-state index contributed by atoms with van der Waals surface area (Å²) in [5.41, 5.74) is 3.10. The Bertz CT molecular complexity index is 676. The summed E-state index contributed by atoms with van der Waals surface area (Å²) in [6, 6.07) is 4.42. The normalized spacial score (nSPS) is 26.4. The summed E-state index contributed by atoms with van der Waals surface area (Å²) in [4.78, 5) is 0. The maximum atomic E-state index is 6.45. The van der Waals surface area contributed by atoms with E-state index in [1.54, 1.807) is 0 Å². The fourth-order valence-electron chi connectivity index (χ4n) is 3.25. The van der Waals surface area contributed by atoms with Gasteiger partial charge in [0.25, 0.3) is 0 Å². The first kappa shape index (κ1) is 16.2. The van der Waals surface area contributed by atoms with Crippen LogP contribution in [0.1, 0.15) is 66.5 Å². The number of nitrogens with one attached hydrogen (secondary N) is 1. The summed E-state index contributed by atoms with van der Waals surface area (Å²) in [5, 5.41) is 3.41. The molecule has 0 aromatic heterocycles. The molecule has 2 aliphatic heterocycles. The zero-order chi connectivity index (χ0) is 17.2. The van der Waals surface area contributed by atoms with Gasteiger partial charge in [0.15, 0.2) is 17.6 Å². The van der Waals surface area contributed by atoms with Gasteiger partial charge in [0.1, 0.15) is 0 Å². The minimum absolute atomic E-state index is 0.0149. The van der Waals surface area contributed by atoms with Gasteiger partial charge in [-0.05, 0) is 42.4 Å². The Hall–Kier alpha value is -1.64. The van der Waals surface area contributed by atoms with Crippen molar-refractivity contribution in [2.75, 3.05) is 0 Å². The van der Waals surface area contributed by atoms with Crippen molar-refractivity contribution in [1.82, 2.24) is 5.32 Å². The fraction of sp³-hybridized carbons (Fsp3) is 0.600. The maximum absolute atomic E-state index is 6.45. The Balaban J connectivity index is 2.17. The largest absolute Gasteiger partial charge is 0.476 e. The molecule has 1 N–H and O–H groups in total. The molecular weight excluding hydrogens is 286 g/mol. The van der Waals surface area contributed by atoms with Gasteiger partial charge in [-0.25, -0.2) is 0 Å². The van der Waals surface area contributed by atoms with Crippen molar-refractivity contribution >= 4 is 0 Å². The Morgan fingerprint density at radius 2 is 1.70 bits per heavy atom. The number of rotatable bonds is 0. The molecule has 0 spiro atoms. The second kappa shape index (κ2) is 4.68. The Morgan fingerprint density at radius 1 is 1.04 bits per heavy atom. The van der Waals surface area contributed by atoms with E-state index in [2.05, 4.69) is 72.0 Å². The summed E-state index contributed by atoms with van der Waals surface area (Å²) in [7, 11) is 0. The molecule has 0 radical (unpaired) electrons. The molecule has 1 aromatic rings. The standard InChI is InChI=1S/C20H29NO2/c1-12-9-16-20(8,21-12)23-17-14(19(5,6)7)10-13(18(2,3)4)11-15(17)22-16/h9-11,16,21H,1-8H3/t16-,20-/m1/s1. The third-order valence-corrected chi connectivity index (χ3v) is 4.69. The van der Waals surface area contributed by atoms with Crippen molar-refractivity contribution < 1.29 is 9.47 Å². The van der Waals surface area contributed by atoms with Gasteiger partial charge in [0, 0.05) is 11.3 Å². The van der Waals surface area contributed by atoms with Crippen LogP contribution in [0.2, 0.25) is 0 Å². The predicted octanol–water partition coefficient (Wildman–Crippen LogP) is 4.64. The Morgan fingerprint density at radius 3 is 2.26 bits per heavy atom. The summed E-state index contributed by atoms with van der Waals surface area (Å²) in [6.45, 7) is 17.5. The third kappa shape index (κ3) is 2.71. The van der Waals surface area contributed by atoms with E-state index in [1.165, 1.54) is 11.1 Å². The van der Waals surface area contributed by atoms with Crippen LogP contribution < -0.4 is 14.8 Å². The second-order valence-corrected chi connectivity index (χ2v) is 9.07. The van der Waals surface area contributed by atoms with Gasteiger partial charge in [-0.3, -0.25) is 0 Å². The van der Waals surface area contributed by atoms with Gasteiger partial charge in [-0.1, -0.05) is 47.6 Å². The first-order chi connectivity index (χ1) is 10.4. The third-order valence-electron chi connectivity index (χ3n) is 4.69. The van der Waals surface area contributed by atoms with Crippen LogP contribution in [0.4, 0.5) is 0 Å². The molecule has 0 saturated heterocycles. The Labute approximate surface area is 140 Å². The van der Waals surface area contributed by atoms with Crippen LogP contribution in [0, 0.1) is 0 Å². The number of allylic oxidation sites excluding steroid dienone is 1. The molecule has 0 fully saturated rings. The van der Waals surface area contributed by atoms with Crippen LogP contribution >= 0.6 is 0 Å². The van der Waals surface area contributed by atoms with E-state index in [-0.39, 0.29) is 16.9 Å². The number of benzene rings is 1. The first-order valence-electron chi connectivity index (χ1n) is 8.41. The highest BCUT2D eigenvalue weighted by atomic mass is 16.6. The number of hydrogen-bond acceptors (Lipinski definition) is 3. The lowest BCUT2D eigenvalue weighted by molar-refractivity contribution is -0.0393. The van der Waals surface area contributed by atoms with Gasteiger partial charge in [-0.2, -0.15) is 0 Å². The van der Waals surface area contributed by atoms with Crippen LogP contribution in [0.5, 0.6) is 11.5 Å². The Kier molecular flexibility index (Phi) is 3.30. The minimum atomic E-state index is -0.527. The zero-order valence-electron chi connectivity index (χ0n) is 15.6. The number of ether oxygens (including phenoxy) is 2. The molecule has 1 aromatic carbocycles. The average molecular weight is 315 g/mol. The fourth-order valence-corrected chi connectivity index (χ4v) is 3.25. The van der Waals surface area contributed by atoms with Crippen molar-refractivity contribution in [3.63, 3.8) is 0 Å². The maximum Gasteiger partial charge on any atom is 0.218 e. The van der Waals surface area contributed by atoms with Crippen molar-refractivity contribution in [3.8, 4) is 11.5 Å². The molecule has 0 amide bonds. The molecule has 3 nitrogen and oxygen atoms in total. The van der Waals surface area contributed by atoms with E-state index in [0.717, 1.165) is 17.2 Å². The summed E-state index contributed by atoms with van der Waals surface area (Å²) < 4.78 is 12.8. The molecule has 2 atom stereocenters. The number of fused-ring (bicyclic) bond motifs is 2. The molecule has 0 aliphatic carbocycles. The van der Waals surface area contributed by atoms with Crippen molar-refractivity contribution in [1.29, 1.82) is 0 Å². The average Bonchev–Trinajstić information content (AvgIpc) is 2.64. The monoisotopic (exact) mass is 315 g/mol. The molecule has 2 aliphatic rings. The van der Waals surface area contributed by atoms with Gasteiger partial charge in [0.05, 0.1) is 0 Å². The van der Waals surface area contributed by atoms with Crippen molar-refractivity contribution in [3.05, 3.63) is 35.0 Å². The van der Waals surface area contributed by atoms with Gasteiger partial charge in [0.2, 0.25) is 5.72 Å². The predicted molar refractivity (Wildman–Crippen MR) is 94.2 cm³/mol. The minimum Gasteiger partial charge on any atom is -0.476 e. The van der Waals surface area contributed by atoms with Crippen LogP contribution in [-0.2, 0) is 10.8 Å². The van der Waals surface area contributed by atoms with E-state index < -0.39 is 5.72 Å². The van der Waals surface area contributed by atoms with E-state index in [4.69, 9.17) is 9.47 Å². The highest BCUT2D eigenvalue weighted by Gasteiger charge is 2.47. The highest BCUT2D eigenvalue weighted by Crippen LogP contribution is 2.48. The summed E-state index contributed by atoms with van der Waals surface area (Å²) >= 11 is 0.